The van der Waals surface area contributed by atoms with Gasteiger partial charge in [-0.2, -0.15) is 5.26 Å². The molecule has 0 saturated carbocycles. The molecule has 0 aliphatic rings. The third-order valence-corrected chi connectivity index (χ3v) is 2.79. The van der Waals surface area contributed by atoms with Crippen LogP contribution in [-0.2, 0) is 9.59 Å². The molecule has 2 rings (SSSR count). The molecule has 2 N–H and O–H groups in total. The summed E-state index contributed by atoms with van der Waals surface area (Å²) in [6.45, 7) is 1.93. The van der Waals surface area contributed by atoms with Gasteiger partial charge in [0.2, 0.25) is 0 Å². The second-order valence-electron chi connectivity index (χ2n) is 4.46. The molecular formula is C16H13N3O2. The Labute approximate surface area is 122 Å². The van der Waals surface area contributed by atoms with Gasteiger partial charge in [0.1, 0.15) is 0 Å². The number of amides is 2. The number of anilines is 2. The lowest BCUT2D eigenvalue weighted by Gasteiger charge is -2.06. The fraction of sp³-hybridized carbons (Fsp3) is 0.0625. The van der Waals surface area contributed by atoms with E-state index in [1.165, 1.54) is 0 Å². The van der Waals surface area contributed by atoms with E-state index in [-0.39, 0.29) is 0 Å². The molecule has 0 unspecified atom stereocenters. The first-order valence-electron chi connectivity index (χ1n) is 6.27. The Hall–Kier alpha value is -3.13. The molecule has 0 fully saturated rings. The number of nitrogens with one attached hydrogen (secondary N) is 2. The maximum atomic E-state index is 11.8. The number of hydrogen-bond acceptors (Lipinski definition) is 3. The van der Waals surface area contributed by atoms with Crippen molar-refractivity contribution in [1.82, 2.24) is 0 Å². The van der Waals surface area contributed by atoms with E-state index in [2.05, 4.69) is 10.6 Å². The maximum absolute atomic E-state index is 11.8. The molecule has 0 aromatic heterocycles. The Morgan fingerprint density at radius 2 is 1.29 bits per heavy atom. The molecule has 21 heavy (non-hydrogen) atoms. The molecule has 0 radical (unpaired) electrons. The molecule has 0 saturated heterocycles. The molecule has 0 spiro atoms. The van der Waals surface area contributed by atoms with Crippen molar-refractivity contribution >= 4 is 23.2 Å². The Morgan fingerprint density at radius 3 is 1.71 bits per heavy atom. The van der Waals surface area contributed by atoms with Crippen LogP contribution in [0.2, 0.25) is 0 Å². The summed E-state index contributed by atoms with van der Waals surface area (Å²) in [5, 5.41) is 13.7. The summed E-state index contributed by atoms with van der Waals surface area (Å²) >= 11 is 0. The van der Waals surface area contributed by atoms with Crippen molar-refractivity contribution in [3.8, 4) is 6.07 Å². The largest absolute Gasteiger partial charge is 0.318 e. The topological polar surface area (TPSA) is 82.0 Å². The van der Waals surface area contributed by atoms with E-state index in [1.807, 2.05) is 25.1 Å². The fourth-order valence-corrected chi connectivity index (χ4v) is 1.64. The van der Waals surface area contributed by atoms with Crippen LogP contribution in [0, 0.1) is 18.3 Å². The zero-order valence-corrected chi connectivity index (χ0v) is 11.4. The Bertz CT molecular complexity index is 698. The normalized spacial score (nSPS) is 9.52. The van der Waals surface area contributed by atoms with Crippen molar-refractivity contribution in [2.75, 3.05) is 10.6 Å². The standard InChI is InChI=1S/C16H13N3O2/c1-11-2-6-13(7-3-11)18-15(20)16(21)19-14-8-4-12(10-17)5-9-14/h2-9H,1H3,(H,18,20)(H,19,21). The number of hydrogen-bond donors (Lipinski definition) is 2. The molecule has 0 aliphatic carbocycles. The van der Waals surface area contributed by atoms with Crippen molar-refractivity contribution in [3.63, 3.8) is 0 Å². The average molecular weight is 279 g/mol. The van der Waals surface area contributed by atoms with Gasteiger partial charge in [0, 0.05) is 11.4 Å². The minimum absolute atomic E-state index is 0.457. The lowest BCUT2D eigenvalue weighted by molar-refractivity contribution is -0.132. The first kappa shape index (κ1) is 14.3. The predicted molar refractivity (Wildman–Crippen MR) is 79.6 cm³/mol. The molecule has 2 amide bonds. The van der Waals surface area contributed by atoms with Crippen LogP contribution in [0.15, 0.2) is 48.5 Å². The molecule has 104 valence electrons. The van der Waals surface area contributed by atoms with Gasteiger partial charge in [-0.3, -0.25) is 9.59 Å². The second kappa shape index (κ2) is 6.35. The Kier molecular flexibility index (Phi) is 4.32. The maximum Gasteiger partial charge on any atom is 0.314 e. The van der Waals surface area contributed by atoms with Gasteiger partial charge in [0.15, 0.2) is 0 Å². The van der Waals surface area contributed by atoms with E-state index in [1.54, 1.807) is 36.4 Å². The molecule has 0 bridgehead atoms. The number of carbonyl (C=O) groups excluding carboxylic acids is 2. The van der Waals surface area contributed by atoms with E-state index < -0.39 is 11.8 Å². The van der Waals surface area contributed by atoms with Gasteiger partial charge in [-0.25, -0.2) is 0 Å². The van der Waals surface area contributed by atoms with Crippen LogP contribution in [0.1, 0.15) is 11.1 Å². The minimum atomic E-state index is -0.764. The number of nitrogens with zero attached hydrogens (tertiary/aromatic N) is 1. The molecule has 2 aromatic rings. The molecule has 0 heterocycles. The van der Waals surface area contributed by atoms with E-state index in [4.69, 9.17) is 5.26 Å². The van der Waals surface area contributed by atoms with Crippen molar-refractivity contribution in [3.05, 3.63) is 59.7 Å². The van der Waals surface area contributed by atoms with Crippen LogP contribution in [0.4, 0.5) is 11.4 Å². The average Bonchev–Trinajstić information content (AvgIpc) is 2.50. The first-order valence-corrected chi connectivity index (χ1v) is 6.27. The Balaban J connectivity index is 1.97. The summed E-state index contributed by atoms with van der Waals surface area (Å²) in [6, 6.07) is 15.4. The van der Waals surface area contributed by atoms with Crippen LogP contribution in [-0.4, -0.2) is 11.8 Å². The lowest BCUT2D eigenvalue weighted by Crippen LogP contribution is -2.29. The molecule has 2 aromatic carbocycles. The van der Waals surface area contributed by atoms with E-state index in [0.717, 1.165) is 5.56 Å². The highest BCUT2D eigenvalue weighted by atomic mass is 16.2. The van der Waals surface area contributed by atoms with Crippen LogP contribution >= 0.6 is 0 Å². The summed E-state index contributed by atoms with van der Waals surface area (Å²) in [5.74, 6) is -1.51. The van der Waals surface area contributed by atoms with Gasteiger partial charge < -0.3 is 10.6 Å². The number of rotatable bonds is 2. The highest BCUT2D eigenvalue weighted by Crippen LogP contribution is 2.10. The summed E-state index contributed by atoms with van der Waals surface area (Å²) in [5.41, 5.74) is 2.56. The first-order chi connectivity index (χ1) is 10.1. The summed E-state index contributed by atoms with van der Waals surface area (Å²) in [6.07, 6.45) is 0. The smallest absolute Gasteiger partial charge is 0.314 e. The number of benzene rings is 2. The zero-order chi connectivity index (χ0) is 15.2. The molecule has 5 nitrogen and oxygen atoms in total. The van der Waals surface area contributed by atoms with Gasteiger partial charge in [-0.15, -0.1) is 0 Å². The van der Waals surface area contributed by atoms with Crippen LogP contribution in [0.5, 0.6) is 0 Å². The second-order valence-corrected chi connectivity index (χ2v) is 4.46. The van der Waals surface area contributed by atoms with E-state index in [9.17, 15) is 9.59 Å². The van der Waals surface area contributed by atoms with Crippen molar-refractivity contribution in [2.45, 2.75) is 6.92 Å². The van der Waals surface area contributed by atoms with Crippen LogP contribution in [0.25, 0.3) is 0 Å². The van der Waals surface area contributed by atoms with Gasteiger partial charge in [0.05, 0.1) is 11.6 Å². The van der Waals surface area contributed by atoms with Crippen LogP contribution in [0.3, 0.4) is 0 Å². The highest BCUT2D eigenvalue weighted by Gasteiger charge is 2.13. The summed E-state index contributed by atoms with van der Waals surface area (Å²) in [7, 11) is 0. The zero-order valence-electron chi connectivity index (χ0n) is 11.4. The number of aryl methyl sites for hydroxylation is 1. The molecule has 0 aliphatic heterocycles. The Morgan fingerprint density at radius 1 is 0.857 bits per heavy atom. The monoisotopic (exact) mass is 279 g/mol. The van der Waals surface area contributed by atoms with Crippen LogP contribution < -0.4 is 10.6 Å². The summed E-state index contributed by atoms with van der Waals surface area (Å²) < 4.78 is 0. The molecule has 0 atom stereocenters. The quantitative estimate of drug-likeness (QED) is 0.828. The summed E-state index contributed by atoms with van der Waals surface area (Å²) in [4.78, 5) is 23.5. The van der Waals surface area contributed by atoms with Crippen molar-refractivity contribution in [2.24, 2.45) is 0 Å². The van der Waals surface area contributed by atoms with Gasteiger partial charge in [-0.1, -0.05) is 17.7 Å². The van der Waals surface area contributed by atoms with Gasteiger partial charge in [0.25, 0.3) is 0 Å². The third kappa shape index (κ3) is 3.91. The molecular weight excluding hydrogens is 266 g/mol. The van der Waals surface area contributed by atoms with Crippen molar-refractivity contribution in [1.29, 1.82) is 5.26 Å². The van der Waals surface area contributed by atoms with E-state index in [0.29, 0.717) is 16.9 Å². The van der Waals surface area contributed by atoms with Gasteiger partial charge >= 0.3 is 11.8 Å². The minimum Gasteiger partial charge on any atom is -0.318 e. The third-order valence-electron chi connectivity index (χ3n) is 2.79. The van der Waals surface area contributed by atoms with E-state index >= 15 is 0 Å². The van der Waals surface area contributed by atoms with Gasteiger partial charge in [-0.05, 0) is 43.3 Å². The highest BCUT2D eigenvalue weighted by molar-refractivity contribution is 6.43. The molecule has 5 heteroatoms. The van der Waals surface area contributed by atoms with Crippen molar-refractivity contribution < 1.29 is 9.59 Å². The SMILES string of the molecule is Cc1ccc(NC(=O)C(=O)Nc2ccc(C#N)cc2)cc1. The number of nitriles is 1. The predicted octanol–water partition coefficient (Wildman–Crippen LogP) is 2.44. The fourth-order valence-electron chi connectivity index (χ4n) is 1.64. The number of carbonyl (C=O) groups is 2. The lowest BCUT2D eigenvalue weighted by atomic mass is 10.2.